The first-order valence-corrected chi connectivity index (χ1v) is 5.65. The fourth-order valence-corrected chi connectivity index (χ4v) is 1.86. The quantitative estimate of drug-likeness (QED) is 0.775. The van der Waals surface area contributed by atoms with Gasteiger partial charge in [-0.3, -0.25) is 0 Å². The van der Waals surface area contributed by atoms with Gasteiger partial charge in [0.05, 0.1) is 10.0 Å². The standard InChI is InChI=1S/C12H15Cl2N/c1-3-4-10(8-15-2)9-5-6-11(13)12(14)7-9/h3,5-7,10,15H,1,4,8H2,2H3. The smallest absolute Gasteiger partial charge is 0.0595 e. The summed E-state index contributed by atoms with van der Waals surface area (Å²) in [6.45, 7) is 4.67. The summed E-state index contributed by atoms with van der Waals surface area (Å²) >= 11 is 11.9. The van der Waals surface area contributed by atoms with Gasteiger partial charge < -0.3 is 5.32 Å². The van der Waals surface area contributed by atoms with Crippen LogP contribution in [0.4, 0.5) is 0 Å². The summed E-state index contributed by atoms with van der Waals surface area (Å²) in [5, 5.41) is 4.37. The minimum atomic E-state index is 0.405. The average molecular weight is 244 g/mol. The van der Waals surface area contributed by atoms with Crippen molar-refractivity contribution in [2.75, 3.05) is 13.6 Å². The van der Waals surface area contributed by atoms with E-state index in [0.717, 1.165) is 13.0 Å². The topological polar surface area (TPSA) is 12.0 Å². The lowest BCUT2D eigenvalue weighted by Gasteiger charge is -2.15. The molecule has 0 aliphatic rings. The van der Waals surface area contributed by atoms with Crippen LogP contribution in [0.1, 0.15) is 17.9 Å². The zero-order valence-electron chi connectivity index (χ0n) is 8.76. The lowest BCUT2D eigenvalue weighted by Crippen LogP contribution is -2.16. The third-order valence-electron chi connectivity index (χ3n) is 2.32. The Morgan fingerprint density at radius 2 is 2.13 bits per heavy atom. The molecule has 0 spiro atoms. The summed E-state index contributed by atoms with van der Waals surface area (Å²) < 4.78 is 0. The zero-order valence-corrected chi connectivity index (χ0v) is 10.3. The predicted molar refractivity (Wildman–Crippen MR) is 67.9 cm³/mol. The number of benzene rings is 1. The van der Waals surface area contributed by atoms with E-state index in [4.69, 9.17) is 23.2 Å². The molecule has 1 nitrogen and oxygen atoms in total. The Kier molecular flexibility index (Phi) is 5.16. The number of halogens is 2. The molecule has 0 fully saturated rings. The molecule has 1 unspecified atom stereocenters. The summed E-state index contributed by atoms with van der Waals surface area (Å²) in [6, 6.07) is 5.78. The van der Waals surface area contributed by atoms with E-state index in [1.807, 2.05) is 31.3 Å². The lowest BCUT2D eigenvalue weighted by molar-refractivity contribution is 0.636. The molecule has 1 atom stereocenters. The maximum Gasteiger partial charge on any atom is 0.0595 e. The van der Waals surface area contributed by atoms with Crippen molar-refractivity contribution in [2.45, 2.75) is 12.3 Å². The molecule has 15 heavy (non-hydrogen) atoms. The second kappa shape index (κ2) is 6.16. The van der Waals surface area contributed by atoms with Gasteiger partial charge in [0.1, 0.15) is 0 Å². The van der Waals surface area contributed by atoms with Crippen molar-refractivity contribution in [3.05, 3.63) is 46.5 Å². The van der Waals surface area contributed by atoms with Crippen LogP contribution in [0.2, 0.25) is 10.0 Å². The third-order valence-corrected chi connectivity index (χ3v) is 3.06. The molecule has 1 N–H and O–H groups in total. The van der Waals surface area contributed by atoms with Gasteiger partial charge in [-0.15, -0.1) is 6.58 Å². The number of hydrogen-bond donors (Lipinski definition) is 1. The van der Waals surface area contributed by atoms with Gasteiger partial charge in [-0.25, -0.2) is 0 Å². The van der Waals surface area contributed by atoms with Crippen molar-refractivity contribution in [3.8, 4) is 0 Å². The van der Waals surface area contributed by atoms with Crippen molar-refractivity contribution >= 4 is 23.2 Å². The Morgan fingerprint density at radius 1 is 1.40 bits per heavy atom. The zero-order chi connectivity index (χ0) is 11.3. The maximum absolute atomic E-state index is 5.98. The van der Waals surface area contributed by atoms with Gasteiger partial charge in [0, 0.05) is 6.54 Å². The summed E-state index contributed by atoms with van der Waals surface area (Å²) in [6.07, 6.45) is 2.85. The predicted octanol–water partition coefficient (Wildman–Crippen LogP) is 3.87. The van der Waals surface area contributed by atoms with E-state index in [2.05, 4.69) is 11.9 Å². The second-order valence-corrected chi connectivity index (χ2v) is 4.27. The Labute approximate surface area is 101 Å². The van der Waals surface area contributed by atoms with Crippen LogP contribution in [-0.2, 0) is 0 Å². The van der Waals surface area contributed by atoms with Gasteiger partial charge in [-0.1, -0.05) is 35.3 Å². The molecule has 82 valence electrons. The number of likely N-dealkylation sites (N-methyl/N-ethyl adjacent to an activating group) is 1. The molecule has 1 aromatic rings. The normalized spacial score (nSPS) is 12.5. The largest absolute Gasteiger partial charge is 0.319 e. The van der Waals surface area contributed by atoms with Gasteiger partial charge in [-0.05, 0) is 37.1 Å². The highest BCUT2D eigenvalue weighted by Gasteiger charge is 2.10. The minimum Gasteiger partial charge on any atom is -0.319 e. The van der Waals surface area contributed by atoms with Crippen LogP contribution in [-0.4, -0.2) is 13.6 Å². The fraction of sp³-hybridized carbons (Fsp3) is 0.333. The second-order valence-electron chi connectivity index (χ2n) is 3.45. The monoisotopic (exact) mass is 243 g/mol. The molecular weight excluding hydrogens is 229 g/mol. The molecule has 0 amide bonds. The Morgan fingerprint density at radius 3 is 2.67 bits per heavy atom. The SMILES string of the molecule is C=CCC(CNC)c1ccc(Cl)c(Cl)c1. The first kappa shape index (κ1) is 12.6. The number of rotatable bonds is 5. The summed E-state index contributed by atoms with van der Waals surface area (Å²) in [7, 11) is 1.94. The van der Waals surface area contributed by atoms with Crippen molar-refractivity contribution in [1.82, 2.24) is 5.32 Å². The van der Waals surface area contributed by atoms with Gasteiger partial charge >= 0.3 is 0 Å². The fourth-order valence-electron chi connectivity index (χ4n) is 1.55. The van der Waals surface area contributed by atoms with E-state index in [0.29, 0.717) is 16.0 Å². The van der Waals surface area contributed by atoms with E-state index >= 15 is 0 Å². The first-order valence-electron chi connectivity index (χ1n) is 4.89. The van der Waals surface area contributed by atoms with Crippen LogP contribution in [0, 0.1) is 0 Å². The van der Waals surface area contributed by atoms with E-state index in [1.54, 1.807) is 0 Å². The highest BCUT2D eigenvalue weighted by Crippen LogP contribution is 2.27. The Balaban J connectivity index is 2.89. The average Bonchev–Trinajstić information content (AvgIpc) is 2.22. The van der Waals surface area contributed by atoms with Gasteiger partial charge in [-0.2, -0.15) is 0 Å². The number of hydrogen-bond acceptors (Lipinski definition) is 1. The molecule has 0 bridgehead atoms. The molecule has 0 aliphatic heterocycles. The van der Waals surface area contributed by atoms with Crippen LogP contribution in [0.25, 0.3) is 0 Å². The lowest BCUT2D eigenvalue weighted by atomic mass is 9.96. The molecule has 0 saturated carbocycles. The summed E-state index contributed by atoms with van der Waals surface area (Å²) in [5.41, 5.74) is 1.19. The van der Waals surface area contributed by atoms with Crippen molar-refractivity contribution < 1.29 is 0 Å². The van der Waals surface area contributed by atoms with E-state index in [9.17, 15) is 0 Å². The van der Waals surface area contributed by atoms with Crippen LogP contribution >= 0.6 is 23.2 Å². The van der Waals surface area contributed by atoms with Crippen LogP contribution in [0.3, 0.4) is 0 Å². The molecule has 0 radical (unpaired) electrons. The van der Waals surface area contributed by atoms with Crippen molar-refractivity contribution in [1.29, 1.82) is 0 Å². The molecule has 1 aromatic carbocycles. The summed E-state index contributed by atoms with van der Waals surface area (Å²) in [4.78, 5) is 0. The highest BCUT2D eigenvalue weighted by molar-refractivity contribution is 6.42. The molecule has 0 aliphatic carbocycles. The number of nitrogens with one attached hydrogen (secondary N) is 1. The van der Waals surface area contributed by atoms with Crippen LogP contribution in [0.5, 0.6) is 0 Å². The van der Waals surface area contributed by atoms with Crippen molar-refractivity contribution in [2.24, 2.45) is 0 Å². The van der Waals surface area contributed by atoms with E-state index in [1.165, 1.54) is 5.56 Å². The highest BCUT2D eigenvalue weighted by atomic mass is 35.5. The van der Waals surface area contributed by atoms with Crippen LogP contribution < -0.4 is 5.32 Å². The third kappa shape index (κ3) is 3.53. The van der Waals surface area contributed by atoms with Gasteiger partial charge in [0.15, 0.2) is 0 Å². The molecule has 0 heterocycles. The Hall–Kier alpha value is -0.500. The maximum atomic E-state index is 5.98. The molecule has 0 aromatic heterocycles. The Bertz CT molecular complexity index is 336. The molecule has 0 saturated heterocycles. The first-order chi connectivity index (χ1) is 7.19. The molecule has 1 rings (SSSR count). The van der Waals surface area contributed by atoms with Gasteiger partial charge in [0.25, 0.3) is 0 Å². The van der Waals surface area contributed by atoms with Crippen LogP contribution in [0.15, 0.2) is 30.9 Å². The van der Waals surface area contributed by atoms with Crippen molar-refractivity contribution in [3.63, 3.8) is 0 Å². The molecular formula is C12H15Cl2N. The number of allylic oxidation sites excluding steroid dienone is 1. The minimum absolute atomic E-state index is 0.405. The van der Waals surface area contributed by atoms with E-state index < -0.39 is 0 Å². The van der Waals surface area contributed by atoms with Gasteiger partial charge in [0.2, 0.25) is 0 Å². The molecule has 3 heteroatoms. The summed E-state index contributed by atoms with van der Waals surface area (Å²) in [5.74, 6) is 0.405. The van der Waals surface area contributed by atoms with E-state index in [-0.39, 0.29) is 0 Å².